The molecule has 0 atom stereocenters. The van der Waals surface area contributed by atoms with Crippen LogP contribution in [-0.4, -0.2) is 17.2 Å². The van der Waals surface area contributed by atoms with Gasteiger partial charge in [0.2, 0.25) is 5.97 Å². The fourth-order valence-corrected chi connectivity index (χ4v) is 1.60. The highest BCUT2D eigenvalue weighted by Crippen LogP contribution is 2.19. The van der Waals surface area contributed by atoms with Gasteiger partial charge in [0.05, 0.1) is 11.9 Å². The monoisotopic (exact) mass is 233 g/mol. The Balaban J connectivity index is 2.28. The van der Waals surface area contributed by atoms with Crippen LogP contribution in [0.4, 0.5) is 10.1 Å². The van der Waals surface area contributed by atoms with E-state index in [1.165, 1.54) is 5.23 Å². The number of allylic oxidation sites excluding steroid dienone is 1. The Morgan fingerprint density at radius 3 is 2.65 bits per heavy atom. The number of hydrazine groups is 2. The van der Waals surface area contributed by atoms with E-state index < -0.39 is 5.97 Å². The molecular weight excluding hydrogens is 219 g/mol. The van der Waals surface area contributed by atoms with Crippen molar-refractivity contribution in [1.29, 1.82) is 0 Å². The summed E-state index contributed by atoms with van der Waals surface area (Å²) in [6.07, 6.45) is 3.75. The molecule has 0 aliphatic carbocycles. The largest absolute Gasteiger partial charge is 0.260 e. The Morgan fingerprint density at radius 2 is 2.06 bits per heavy atom. The summed E-state index contributed by atoms with van der Waals surface area (Å²) in [5.41, 5.74) is 3.68. The number of hydrogen-bond acceptors (Lipinski definition) is 4. The first-order valence-electron chi connectivity index (χ1n) is 5.41. The van der Waals surface area contributed by atoms with Gasteiger partial charge in [0.1, 0.15) is 0 Å². The predicted octanol–water partition coefficient (Wildman–Crippen LogP) is 2.24. The van der Waals surface area contributed by atoms with Gasteiger partial charge in [-0.05, 0) is 26.0 Å². The average molecular weight is 233 g/mol. The zero-order valence-corrected chi connectivity index (χ0v) is 9.76. The van der Waals surface area contributed by atoms with Crippen LogP contribution >= 0.6 is 0 Å². The van der Waals surface area contributed by atoms with Crippen molar-refractivity contribution in [3.8, 4) is 0 Å². The number of rotatable bonds is 3. The Kier molecular flexibility index (Phi) is 3.27. The van der Waals surface area contributed by atoms with Crippen molar-refractivity contribution in [1.82, 2.24) is 10.7 Å². The minimum atomic E-state index is -0.578. The molecule has 5 heteroatoms. The number of hydrogen-bond donors (Lipinski definition) is 1. The van der Waals surface area contributed by atoms with E-state index in [0.717, 1.165) is 11.8 Å². The maximum absolute atomic E-state index is 13.1. The topological polar surface area (TPSA) is 30.9 Å². The number of nitrogens with one attached hydrogen (secondary N) is 1. The highest BCUT2D eigenvalue weighted by Gasteiger charge is 2.19. The SMILES string of the molecule is CC(C)N(c1ccccc1)N1N=C(F)C=[C]N1. The molecule has 2 rings (SSSR count). The molecule has 1 aliphatic rings. The molecule has 0 spiro atoms. The first kappa shape index (κ1) is 11.4. The zero-order chi connectivity index (χ0) is 12.3. The number of hydrazone groups is 1. The third kappa shape index (κ3) is 2.55. The highest BCUT2D eigenvalue weighted by atomic mass is 19.1. The number of benzene rings is 1. The summed E-state index contributed by atoms with van der Waals surface area (Å²) < 4.78 is 13.1. The van der Waals surface area contributed by atoms with Crippen molar-refractivity contribution in [3.05, 3.63) is 42.6 Å². The maximum Gasteiger partial charge on any atom is 0.237 e. The van der Waals surface area contributed by atoms with Gasteiger partial charge in [-0.25, -0.2) is 5.01 Å². The normalized spacial score (nSPS) is 14.6. The maximum atomic E-state index is 13.1. The molecule has 1 aliphatic heterocycles. The Hall–Kier alpha value is -2.04. The number of anilines is 1. The fourth-order valence-electron chi connectivity index (χ4n) is 1.60. The summed E-state index contributed by atoms with van der Waals surface area (Å²) in [7, 11) is 0. The van der Waals surface area contributed by atoms with Crippen LogP contribution in [0.25, 0.3) is 0 Å². The lowest BCUT2D eigenvalue weighted by atomic mass is 10.3. The van der Waals surface area contributed by atoms with E-state index >= 15 is 0 Å². The van der Waals surface area contributed by atoms with Gasteiger partial charge >= 0.3 is 0 Å². The summed E-state index contributed by atoms with van der Waals surface area (Å²) in [4.78, 5) is 0. The van der Waals surface area contributed by atoms with E-state index in [2.05, 4.69) is 16.7 Å². The lowest BCUT2D eigenvalue weighted by molar-refractivity contribution is 0.180. The van der Waals surface area contributed by atoms with Gasteiger partial charge in [-0.15, -0.1) is 10.3 Å². The summed E-state index contributed by atoms with van der Waals surface area (Å²) in [5, 5.41) is 6.94. The number of para-hydroxylation sites is 1. The number of nitrogens with zero attached hydrogens (tertiary/aromatic N) is 3. The second kappa shape index (κ2) is 4.86. The number of halogens is 1. The van der Waals surface area contributed by atoms with Gasteiger partial charge in [0.25, 0.3) is 0 Å². The van der Waals surface area contributed by atoms with Crippen LogP contribution < -0.4 is 10.4 Å². The van der Waals surface area contributed by atoms with Gasteiger partial charge in [0.15, 0.2) is 0 Å². The van der Waals surface area contributed by atoms with Crippen molar-refractivity contribution in [2.45, 2.75) is 19.9 Å². The van der Waals surface area contributed by atoms with Crippen LogP contribution in [0.1, 0.15) is 13.8 Å². The van der Waals surface area contributed by atoms with Crippen LogP contribution in [0, 0.1) is 6.20 Å². The molecule has 0 saturated heterocycles. The lowest BCUT2D eigenvalue weighted by Gasteiger charge is -2.36. The third-order valence-electron chi connectivity index (χ3n) is 2.26. The molecular formula is C12H14FN4. The van der Waals surface area contributed by atoms with Crippen molar-refractivity contribution in [3.63, 3.8) is 0 Å². The van der Waals surface area contributed by atoms with Gasteiger partial charge in [0, 0.05) is 12.1 Å². The van der Waals surface area contributed by atoms with Gasteiger partial charge < -0.3 is 0 Å². The summed E-state index contributed by atoms with van der Waals surface area (Å²) in [6.45, 7) is 4.00. The second-order valence-corrected chi connectivity index (χ2v) is 3.89. The molecule has 89 valence electrons. The van der Waals surface area contributed by atoms with E-state index in [-0.39, 0.29) is 6.04 Å². The van der Waals surface area contributed by atoms with E-state index in [9.17, 15) is 4.39 Å². The smallest absolute Gasteiger partial charge is 0.237 e. The van der Waals surface area contributed by atoms with Gasteiger partial charge in [-0.3, -0.25) is 5.43 Å². The molecule has 0 aromatic heterocycles. The highest BCUT2D eigenvalue weighted by molar-refractivity contribution is 5.86. The molecule has 0 saturated carbocycles. The minimum absolute atomic E-state index is 0.126. The molecule has 0 fully saturated rings. The van der Waals surface area contributed by atoms with Gasteiger partial charge in [-0.1, -0.05) is 18.2 Å². The van der Waals surface area contributed by atoms with Gasteiger partial charge in [-0.2, -0.15) is 4.39 Å². The molecule has 1 aromatic rings. The predicted molar refractivity (Wildman–Crippen MR) is 65.4 cm³/mol. The Morgan fingerprint density at radius 1 is 1.35 bits per heavy atom. The Labute approximate surface area is 100.0 Å². The summed E-state index contributed by atoms with van der Waals surface area (Å²) in [5.74, 6) is -0.578. The first-order valence-corrected chi connectivity index (χ1v) is 5.41. The molecule has 1 radical (unpaired) electrons. The van der Waals surface area contributed by atoms with Crippen molar-refractivity contribution in [2.75, 3.05) is 5.01 Å². The molecule has 1 heterocycles. The van der Waals surface area contributed by atoms with Crippen LogP contribution in [0.15, 0.2) is 41.5 Å². The third-order valence-corrected chi connectivity index (χ3v) is 2.26. The molecule has 1 N–H and O–H groups in total. The summed E-state index contributed by atoms with van der Waals surface area (Å²) in [6, 6.07) is 9.78. The van der Waals surface area contributed by atoms with E-state index in [0.29, 0.717) is 0 Å². The van der Waals surface area contributed by atoms with Crippen LogP contribution in [0.3, 0.4) is 0 Å². The first-order chi connectivity index (χ1) is 8.18. The van der Waals surface area contributed by atoms with Crippen LogP contribution in [0.5, 0.6) is 0 Å². The quantitative estimate of drug-likeness (QED) is 0.868. The molecule has 0 unspecified atom stereocenters. The molecule has 0 amide bonds. The molecule has 0 bridgehead atoms. The van der Waals surface area contributed by atoms with E-state index in [1.807, 2.05) is 49.2 Å². The van der Waals surface area contributed by atoms with Crippen LogP contribution in [0.2, 0.25) is 0 Å². The second-order valence-electron chi connectivity index (χ2n) is 3.89. The molecule has 4 nitrogen and oxygen atoms in total. The minimum Gasteiger partial charge on any atom is -0.260 e. The zero-order valence-electron chi connectivity index (χ0n) is 9.76. The van der Waals surface area contributed by atoms with E-state index in [1.54, 1.807) is 0 Å². The van der Waals surface area contributed by atoms with Crippen molar-refractivity contribution < 1.29 is 4.39 Å². The van der Waals surface area contributed by atoms with Crippen molar-refractivity contribution in [2.24, 2.45) is 5.10 Å². The lowest BCUT2D eigenvalue weighted by Crippen LogP contribution is -2.51. The average Bonchev–Trinajstić information content (AvgIpc) is 2.30. The molecule has 1 aromatic carbocycles. The summed E-state index contributed by atoms with van der Waals surface area (Å²) >= 11 is 0. The Bertz CT molecular complexity index is 427. The molecule has 17 heavy (non-hydrogen) atoms. The van der Waals surface area contributed by atoms with Crippen LogP contribution in [-0.2, 0) is 0 Å². The van der Waals surface area contributed by atoms with E-state index in [4.69, 9.17) is 0 Å². The fraction of sp³-hybridized carbons (Fsp3) is 0.250. The standard InChI is InChI=1S/C12H14FN4/c1-10(2)16(11-6-4-3-5-7-11)17-14-9-8-12(13)15-17/h3-8,10,14H,1-2H3. The van der Waals surface area contributed by atoms with Crippen molar-refractivity contribution >= 4 is 11.7 Å².